The predicted octanol–water partition coefficient (Wildman–Crippen LogP) is 1.38. The first kappa shape index (κ1) is 22.7. The van der Waals surface area contributed by atoms with E-state index in [-0.39, 0.29) is 23.9 Å². The van der Waals surface area contributed by atoms with Crippen molar-refractivity contribution in [2.45, 2.75) is 18.6 Å². The highest BCUT2D eigenvalue weighted by atomic mass is 35.5. The summed E-state index contributed by atoms with van der Waals surface area (Å²) in [6.45, 7) is 6.07. The number of aromatic nitrogens is 2. The number of para-hydroxylation sites is 1. The van der Waals surface area contributed by atoms with Crippen molar-refractivity contribution in [3.63, 3.8) is 0 Å². The molecule has 0 unspecified atom stereocenters. The van der Waals surface area contributed by atoms with E-state index in [0.29, 0.717) is 34.7 Å². The zero-order chi connectivity index (χ0) is 18.9. The van der Waals surface area contributed by atoms with E-state index in [1.165, 1.54) is 0 Å². The quantitative estimate of drug-likeness (QED) is 0.526. The SMILES string of the molecule is Cl.O=C(CCSCc1nc2ccccc2c(=O)[nH]1)NCCCN1CCNCC1. The van der Waals surface area contributed by atoms with Gasteiger partial charge in [-0.25, -0.2) is 4.98 Å². The number of amides is 1. The van der Waals surface area contributed by atoms with E-state index in [0.717, 1.165) is 45.7 Å². The summed E-state index contributed by atoms with van der Waals surface area (Å²) < 4.78 is 0. The molecule has 1 aromatic carbocycles. The van der Waals surface area contributed by atoms with Gasteiger partial charge in [-0.05, 0) is 25.1 Å². The van der Waals surface area contributed by atoms with Crippen LogP contribution >= 0.6 is 24.2 Å². The number of nitrogens with one attached hydrogen (secondary N) is 3. The summed E-state index contributed by atoms with van der Waals surface area (Å²) in [5.41, 5.74) is 0.595. The molecule has 3 rings (SSSR count). The second-order valence-electron chi connectivity index (χ2n) is 6.63. The molecule has 1 aromatic heterocycles. The molecule has 0 radical (unpaired) electrons. The van der Waals surface area contributed by atoms with E-state index in [9.17, 15) is 9.59 Å². The Bertz CT molecular complexity index is 810. The fourth-order valence-corrected chi connectivity index (χ4v) is 3.89. The van der Waals surface area contributed by atoms with Crippen LogP contribution in [0.25, 0.3) is 10.9 Å². The van der Waals surface area contributed by atoms with Gasteiger partial charge in [0.1, 0.15) is 5.82 Å². The third kappa shape index (κ3) is 7.09. The average Bonchev–Trinajstić information content (AvgIpc) is 2.69. The van der Waals surface area contributed by atoms with Crippen molar-refractivity contribution in [3.05, 3.63) is 40.4 Å². The second kappa shape index (κ2) is 12.1. The number of hydrogen-bond acceptors (Lipinski definition) is 6. The number of carbonyl (C=O) groups is 1. The lowest BCUT2D eigenvalue weighted by atomic mass is 10.2. The Morgan fingerprint density at radius 1 is 1.25 bits per heavy atom. The third-order valence-electron chi connectivity index (χ3n) is 4.56. The molecule has 3 N–H and O–H groups in total. The summed E-state index contributed by atoms with van der Waals surface area (Å²) in [6, 6.07) is 7.31. The predicted molar refractivity (Wildman–Crippen MR) is 117 cm³/mol. The normalized spacial score (nSPS) is 14.6. The largest absolute Gasteiger partial charge is 0.356 e. The number of nitrogens with zero attached hydrogens (tertiary/aromatic N) is 2. The minimum absolute atomic E-state index is 0. The molecule has 1 aliphatic rings. The molecule has 7 nitrogen and oxygen atoms in total. The van der Waals surface area contributed by atoms with Crippen LogP contribution in [-0.4, -0.2) is 65.8 Å². The number of hydrogen-bond donors (Lipinski definition) is 3. The van der Waals surface area contributed by atoms with Crippen LogP contribution in [0.2, 0.25) is 0 Å². The van der Waals surface area contributed by atoms with E-state index in [2.05, 4.69) is 25.5 Å². The topological polar surface area (TPSA) is 90.1 Å². The molecule has 2 aromatic rings. The molecule has 1 amide bonds. The van der Waals surface area contributed by atoms with Crippen molar-refractivity contribution >= 4 is 41.0 Å². The van der Waals surface area contributed by atoms with Crippen LogP contribution in [0.1, 0.15) is 18.7 Å². The van der Waals surface area contributed by atoms with Gasteiger partial charge < -0.3 is 20.5 Å². The highest BCUT2D eigenvalue weighted by Gasteiger charge is 2.09. The lowest BCUT2D eigenvalue weighted by Gasteiger charge is -2.27. The number of carbonyl (C=O) groups excluding carboxylic acids is 1. The van der Waals surface area contributed by atoms with Gasteiger partial charge in [0.05, 0.1) is 16.7 Å². The maximum Gasteiger partial charge on any atom is 0.258 e. The summed E-state index contributed by atoms with van der Waals surface area (Å²) in [5, 5.41) is 6.93. The van der Waals surface area contributed by atoms with Gasteiger partial charge in [0, 0.05) is 44.9 Å². The van der Waals surface area contributed by atoms with E-state index in [4.69, 9.17) is 0 Å². The molecule has 1 saturated heterocycles. The summed E-state index contributed by atoms with van der Waals surface area (Å²) >= 11 is 1.61. The van der Waals surface area contributed by atoms with Gasteiger partial charge in [-0.1, -0.05) is 12.1 Å². The molecular weight excluding hydrogens is 398 g/mol. The van der Waals surface area contributed by atoms with Crippen LogP contribution in [-0.2, 0) is 10.5 Å². The van der Waals surface area contributed by atoms with E-state index < -0.39 is 0 Å². The average molecular weight is 426 g/mol. The van der Waals surface area contributed by atoms with Crippen LogP contribution in [0.15, 0.2) is 29.1 Å². The molecule has 2 heterocycles. The van der Waals surface area contributed by atoms with Crippen molar-refractivity contribution in [1.29, 1.82) is 0 Å². The van der Waals surface area contributed by atoms with Gasteiger partial charge in [0.25, 0.3) is 5.56 Å². The first-order chi connectivity index (χ1) is 13.2. The molecule has 0 bridgehead atoms. The van der Waals surface area contributed by atoms with Crippen LogP contribution in [0.5, 0.6) is 0 Å². The highest BCUT2D eigenvalue weighted by Crippen LogP contribution is 2.11. The summed E-state index contributed by atoms with van der Waals surface area (Å²) in [5.74, 6) is 2.04. The zero-order valence-corrected chi connectivity index (χ0v) is 17.5. The number of rotatable bonds is 9. The summed E-state index contributed by atoms with van der Waals surface area (Å²) in [7, 11) is 0. The van der Waals surface area contributed by atoms with Crippen LogP contribution in [0, 0.1) is 0 Å². The molecule has 0 saturated carbocycles. The third-order valence-corrected chi connectivity index (χ3v) is 5.53. The molecule has 154 valence electrons. The van der Waals surface area contributed by atoms with E-state index >= 15 is 0 Å². The number of fused-ring (bicyclic) bond motifs is 1. The molecule has 0 atom stereocenters. The maximum absolute atomic E-state index is 12.0. The van der Waals surface area contributed by atoms with Crippen LogP contribution in [0.3, 0.4) is 0 Å². The number of thioether (sulfide) groups is 1. The summed E-state index contributed by atoms with van der Waals surface area (Å²) in [6.07, 6.45) is 1.47. The Kier molecular flexibility index (Phi) is 9.77. The summed E-state index contributed by atoms with van der Waals surface area (Å²) in [4.78, 5) is 33.7. The van der Waals surface area contributed by atoms with Gasteiger partial charge in [-0.3, -0.25) is 9.59 Å². The Morgan fingerprint density at radius 3 is 2.86 bits per heavy atom. The molecular formula is C19H28ClN5O2S. The molecule has 1 fully saturated rings. The fraction of sp³-hybridized carbons (Fsp3) is 0.526. The van der Waals surface area contributed by atoms with Gasteiger partial charge in [0.15, 0.2) is 0 Å². The fourth-order valence-electron chi connectivity index (χ4n) is 3.09. The van der Waals surface area contributed by atoms with Crippen molar-refractivity contribution in [2.24, 2.45) is 0 Å². The maximum atomic E-state index is 12.0. The van der Waals surface area contributed by atoms with Gasteiger partial charge in [-0.15, -0.1) is 12.4 Å². The van der Waals surface area contributed by atoms with Gasteiger partial charge in [-0.2, -0.15) is 11.8 Å². The number of halogens is 1. The molecule has 0 aliphatic carbocycles. The number of H-pyrrole nitrogens is 1. The number of aromatic amines is 1. The standard InChI is InChI=1S/C19H27N5O2S.ClH/c25-18(21-7-3-10-24-11-8-20-9-12-24)6-13-27-14-17-22-16-5-2-1-4-15(16)19(26)23-17;/h1-2,4-5,20H,3,6-14H2,(H,21,25)(H,22,23,26);1H. The highest BCUT2D eigenvalue weighted by molar-refractivity contribution is 7.98. The first-order valence-electron chi connectivity index (χ1n) is 9.48. The molecule has 9 heteroatoms. The minimum Gasteiger partial charge on any atom is -0.356 e. The van der Waals surface area contributed by atoms with Crippen molar-refractivity contribution in [1.82, 2.24) is 25.5 Å². The van der Waals surface area contributed by atoms with Crippen molar-refractivity contribution in [2.75, 3.05) is 45.0 Å². The minimum atomic E-state index is -0.113. The van der Waals surface area contributed by atoms with E-state index in [1.807, 2.05) is 18.2 Å². The van der Waals surface area contributed by atoms with Crippen LogP contribution < -0.4 is 16.2 Å². The second-order valence-corrected chi connectivity index (χ2v) is 7.73. The number of benzene rings is 1. The zero-order valence-electron chi connectivity index (χ0n) is 15.9. The van der Waals surface area contributed by atoms with Crippen molar-refractivity contribution < 1.29 is 4.79 Å². The lowest BCUT2D eigenvalue weighted by molar-refractivity contribution is -0.120. The van der Waals surface area contributed by atoms with Crippen LogP contribution in [0.4, 0.5) is 0 Å². The Morgan fingerprint density at radius 2 is 2.04 bits per heavy atom. The molecule has 28 heavy (non-hydrogen) atoms. The molecule has 1 aliphatic heterocycles. The monoisotopic (exact) mass is 425 g/mol. The molecule has 0 spiro atoms. The Hall–Kier alpha value is -1.61. The smallest absolute Gasteiger partial charge is 0.258 e. The Balaban J connectivity index is 0.00000280. The van der Waals surface area contributed by atoms with Gasteiger partial charge in [0.2, 0.25) is 5.91 Å². The lowest BCUT2D eigenvalue weighted by Crippen LogP contribution is -2.44. The Labute approximate surface area is 175 Å². The van der Waals surface area contributed by atoms with Crippen molar-refractivity contribution in [3.8, 4) is 0 Å². The van der Waals surface area contributed by atoms with E-state index in [1.54, 1.807) is 17.8 Å². The number of piperazine rings is 1. The van der Waals surface area contributed by atoms with Gasteiger partial charge >= 0.3 is 0 Å². The first-order valence-corrected chi connectivity index (χ1v) is 10.6.